The van der Waals surface area contributed by atoms with Crippen LogP contribution in [-0.2, 0) is 4.79 Å². The van der Waals surface area contributed by atoms with Crippen LogP contribution >= 0.6 is 0 Å². The van der Waals surface area contributed by atoms with Crippen LogP contribution in [0.3, 0.4) is 0 Å². The summed E-state index contributed by atoms with van der Waals surface area (Å²) >= 11 is 0. The summed E-state index contributed by atoms with van der Waals surface area (Å²) in [5.41, 5.74) is 16.2. The van der Waals surface area contributed by atoms with Crippen molar-refractivity contribution in [3.05, 3.63) is 0 Å². The Kier molecular flexibility index (Phi) is 3.06. The third kappa shape index (κ3) is 2.21. The molecular formula is C8H16N5O+. The Bertz CT molecular complexity index is 296. The second-order valence-electron chi connectivity index (χ2n) is 3.42. The Balaban J connectivity index is 2.67. The number of nitrogens with zero attached hydrogens (tertiary/aromatic N) is 1. The number of hydrogen-bond acceptors (Lipinski definition) is 3. The molecule has 7 N–H and O–H groups in total. The van der Waals surface area contributed by atoms with Crippen molar-refractivity contribution < 1.29 is 9.37 Å². The van der Waals surface area contributed by atoms with E-state index < -0.39 is 0 Å². The van der Waals surface area contributed by atoms with Gasteiger partial charge in [-0.1, -0.05) is 0 Å². The van der Waals surface area contributed by atoms with Gasteiger partial charge < -0.3 is 11.5 Å². The largest absolute Gasteiger partial charge is 0.388 e. The molecule has 0 aliphatic carbocycles. The lowest BCUT2D eigenvalue weighted by Crippen LogP contribution is -2.39. The van der Waals surface area contributed by atoms with Gasteiger partial charge in [0.1, 0.15) is 0 Å². The van der Waals surface area contributed by atoms with Crippen LogP contribution in [0.15, 0.2) is 0 Å². The average molecular weight is 198 g/mol. The first-order valence-electron chi connectivity index (χ1n) is 4.52. The Morgan fingerprint density at radius 2 is 2.21 bits per heavy atom. The predicted molar refractivity (Wildman–Crippen MR) is 53.1 cm³/mol. The van der Waals surface area contributed by atoms with Crippen LogP contribution in [0.1, 0.15) is 19.3 Å². The van der Waals surface area contributed by atoms with Gasteiger partial charge in [-0.2, -0.15) is 0 Å². The van der Waals surface area contributed by atoms with Gasteiger partial charge >= 0.3 is 0 Å². The molecule has 0 radical (unpaired) electrons. The van der Waals surface area contributed by atoms with Crippen molar-refractivity contribution >= 4 is 17.6 Å². The molecule has 14 heavy (non-hydrogen) atoms. The van der Waals surface area contributed by atoms with E-state index in [2.05, 4.69) is 0 Å². The number of nitrogens with one attached hydrogen (secondary N) is 1. The second-order valence-corrected chi connectivity index (χ2v) is 3.42. The SMILES string of the molecule is N=C(N)CC[N+]1=C(N)CCC1C(N)=O. The highest BCUT2D eigenvalue weighted by Crippen LogP contribution is 2.10. The van der Waals surface area contributed by atoms with Gasteiger partial charge in [0.25, 0.3) is 5.91 Å². The number of carbonyl (C=O) groups is 1. The lowest BCUT2D eigenvalue weighted by molar-refractivity contribution is -0.543. The third-order valence-corrected chi connectivity index (χ3v) is 2.37. The van der Waals surface area contributed by atoms with Gasteiger partial charge in [-0.25, -0.2) is 0 Å². The van der Waals surface area contributed by atoms with Crippen LogP contribution < -0.4 is 17.2 Å². The highest BCUT2D eigenvalue weighted by molar-refractivity contribution is 5.85. The Labute approximate surface area is 82.3 Å². The van der Waals surface area contributed by atoms with Gasteiger partial charge in [0.2, 0.25) is 5.84 Å². The molecule has 0 saturated carbocycles. The molecule has 0 fully saturated rings. The maximum absolute atomic E-state index is 11.0. The molecule has 0 aromatic carbocycles. The molecule has 1 atom stereocenters. The van der Waals surface area contributed by atoms with E-state index >= 15 is 0 Å². The van der Waals surface area contributed by atoms with Crippen molar-refractivity contribution in [1.29, 1.82) is 5.41 Å². The van der Waals surface area contributed by atoms with Crippen LogP contribution in [-0.4, -0.2) is 34.7 Å². The van der Waals surface area contributed by atoms with Gasteiger partial charge in [-0.3, -0.25) is 20.5 Å². The first kappa shape index (κ1) is 10.5. The number of amidine groups is 2. The second kappa shape index (κ2) is 4.08. The van der Waals surface area contributed by atoms with Crippen LogP contribution in [0, 0.1) is 5.41 Å². The normalized spacial score (nSPS) is 21.3. The van der Waals surface area contributed by atoms with Gasteiger partial charge in [0, 0.05) is 12.8 Å². The summed E-state index contributed by atoms with van der Waals surface area (Å²) in [6, 6.07) is -0.325. The molecule has 1 unspecified atom stereocenters. The highest BCUT2D eigenvalue weighted by atomic mass is 16.1. The van der Waals surface area contributed by atoms with Crippen LogP contribution in [0.25, 0.3) is 0 Å². The van der Waals surface area contributed by atoms with E-state index in [4.69, 9.17) is 22.6 Å². The molecule has 0 bridgehead atoms. The topological polar surface area (TPSA) is 122 Å². The molecule has 6 heteroatoms. The average Bonchev–Trinajstić information content (AvgIpc) is 2.43. The Hall–Kier alpha value is -1.59. The molecule has 1 amide bonds. The van der Waals surface area contributed by atoms with E-state index in [1.54, 1.807) is 4.58 Å². The first-order chi connectivity index (χ1) is 6.52. The summed E-state index contributed by atoms with van der Waals surface area (Å²) < 4.78 is 1.74. The van der Waals surface area contributed by atoms with Crippen molar-refractivity contribution in [2.24, 2.45) is 17.2 Å². The van der Waals surface area contributed by atoms with E-state index in [1.165, 1.54) is 0 Å². The number of rotatable bonds is 4. The Morgan fingerprint density at radius 1 is 1.57 bits per heavy atom. The van der Waals surface area contributed by atoms with Crippen LogP contribution in [0.4, 0.5) is 0 Å². The maximum Gasteiger partial charge on any atom is 0.262 e. The van der Waals surface area contributed by atoms with Crippen molar-refractivity contribution in [3.63, 3.8) is 0 Å². The fourth-order valence-electron chi connectivity index (χ4n) is 1.62. The van der Waals surface area contributed by atoms with Crippen molar-refractivity contribution in [2.75, 3.05) is 6.54 Å². The zero-order valence-corrected chi connectivity index (χ0v) is 7.99. The summed E-state index contributed by atoms with van der Waals surface area (Å²) in [4.78, 5) is 11.0. The van der Waals surface area contributed by atoms with E-state index in [9.17, 15) is 4.79 Å². The van der Waals surface area contributed by atoms with E-state index in [0.717, 1.165) is 0 Å². The lowest BCUT2D eigenvalue weighted by Gasteiger charge is -2.10. The molecule has 78 valence electrons. The molecule has 0 spiro atoms. The van der Waals surface area contributed by atoms with Crippen molar-refractivity contribution in [2.45, 2.75) is 25.3 Å². The number of primary amides is 1. The van der Waals surface area contributed by atoms with Crippen LogP contribution in [0.5, 0.6) is 0 Å². The summed E-state index contributed by atoms with van der Waals surface area (Å²) in [6.07, 6.45) is 1.76. The van der Waals surface area contributed by atoms with E-state index in [1.807, 2.05) is 0 Å². The monoisotopic (exact) mass is 198 g/mol. The summed E-state index contributed by atoms with van der Waals surface area (Å²) in [5.74, 6) is 0.386. The summed E-state index contributed by atoms with van der Waals surface area (Å²) in [5, 5.41) is 7.08. The molecular weight excluding hydrogens is 182 g/mol. The van der Waals surface area contributed by atoms with E-state index in [0.29, 0.717) is 31.6 Å². The highest BCUT2D eigenvalue weighted by Gasteiger charge is 2.32. The zero-order valence-electron chi connectivity index (χ0n) is 7.99. The molecule has 0 saturated heterocycles. The fourth-order valence-corrected chi connectivity index (χ4v) is 1.62. The quantitative estimate of drug-likeness (QED) is 0.245. The number of carbonyl (C=O) groups excluding carboxylic acids is 1. The van der Waals surface area contributed by atoms with Gasteiger partial charge in [0.15, 0.2) is 6.04 Å². The van der Waals surface area contributed by atoms with Crippen molar-refractivity contribution in [3.8, 4) is 0 Å². The number of nitrogens with two attached hydrogens (primary N) is 3. The number of hydrogen-bond donors (Lipinski definition) is 4. The minimum atomic E-state index is -0.367. The minimum absolute atomic E-state index is 0.0907. The number of amides is 1. The maximum atomic E-state index is 11.0. The summed E-state index contributed by atoms with van der Waals surface area (Å²) in [6.45, 7) is 0.495. The minimum Gasteiger partial charge on any atom is -0.388 e. The molecule has 1 aliphatic rings. The summed E-state index contributed by atoms with van der Waals surface area (Å²) in [7, 11) is 0. The predicted octanol–water partition coefficient (Wildman–Crippen LogP) is -1.67. The van der Waals surface area contributed by atoms with E-state index in [-0.39, 0.29) is 17.8 Å². The van der Waals surface area contributed by atoms with Gasteiger partial charge in [-0.05, 0) is 0 Å². The smallest absolute Gasteiger partial charge is 0.262 e. The molecule has 1 rings (SSSR count). The zero-order chi connectivity index (χ0) is 10.7. The fraction of sp³-hybridized carbons (Fsp3) is 0.625. The van der Waals surface area contributed by atoms with Crippen LogP contribution in [0.2, 0.25) is 0 Å². The first-order valence-corrected chi connectivity index (χ1v) is 4.52. The molecule has 1 aliphatic heterocycles. The van der Waals surface area contributed by atoms with Gasteiger partial charge in [0.05, 0.1) is 18.8 Å². The third-order valence-electron chi connectivity index (χ3n) is 2.37. The molecule has 6 nitrogen and oxygen atoms in total. The van der Waals surface area contributed by atoms with Gasteiger partial charge in [-0.15, -0.1) is 0 Å². The van der Waals surface area contributed by atoms with Crippen molar-refractivity contribution in [1.82, 2.24) is 0 Å². The molecule has 0 aromatic heterocycles. The molecule has 1 heterocycles. The Morgan fingerprint density at radius 3 is 2.71 bits per heavy atom. The standard InChI is InChI=1S/C8H15N5O/c9-6(10)3-4-13-5(8(12)14)1-2-7(13)11/h5,11H,1-4H2,(H5,9,10,12,14)/p+1. The lowest BCUT2D eigenvalue weighted by atomic mass is 10.2. The molecule has 0 aromatic rings.